The van der Waals surface area contributed by atoms with Gasteiger partial charge in [0.15, 0.2) is 0 Å². The Morgan fingerprint density at radius 3 is 2.73 bits per heavy atom. The molecular formula is C17H18N2O3. The van der Waals surface area contributed by atoms with Crippen LogP contribution in [-0.2, 0) is 6.54 Å². The van der Waals surface area contributed by atoms with E-state index >= 15 is 0 Å². The predicted octanol–water partition coefficient (Wildman–Crippen LogP) is 2.13. The molecule has 3 N–H and O–H groups in total. The van der Waals surface area contributed by atoms with Crippen LogP contribution in [0.15, 0.2) is 34.0 Å². The molecule has 2 aromatic carbocycles. The number of aromatic amines is 1. The van der Waals surface area contributed by atoms with Crippen LogP contribution in [0.3, 0.4) is 0 Å². The van der Waals surface area contributed by atoms with Crippen LogP contribution in [0.5, 0.6) is 0 Å². The number of hydrogen-bond acceptors (Lipinski definition) is 4. The Hall–Kier alpha value is -2.40. The Morgan fingerprint density at radius 2 is 2.05 bits per heavy atom. The summed E-state index contributed by atoms with van der Waals surface area (Å²) in [5, 5.41) is 14.0. The summed E-state index contributed by atoms with van der Waals surface area (Å²) < 4.78 is 0. The Labute approximate surface area is 127 Å². The molecule has 0 aliphatic rings. The maximum atomic E-state index is 11.4. The second kappa shape index (κ2) is 5.42. The predicted molar refractivity (Wildman–Crippen MR) is 87.0 cm³/mol. The van der Waals surface area contributed by atoms with E-state index in [1.165, 1.54) is 0 Å². The van der Waals surface area contributed by atoms with E-state index in [4.69, 9.17) is 0 Å². The van der Waals surface area contributed by atoms with E-state index < -0.39 is 17.0 Å². The monoisotopic (exact) mass is 298 g/mol. The lowest BCUT2D eigenvalue weighted by Crippen LogP contribution is -2.36. The molecule has 1 unspecified atom stereocenters. The third-order valence-electron chi connectivity index (χ3n) is 4.14. The molecule has 1 heterocycles. The van der Waals surface area contributed by atoms with Crippen LogP contribution in [0.25, 0.3) is 10.9 Å². The van der Waals surface area contributed by atoms with Crippen molar-refractivity contribution in [3.8, 4) is 0 Å². The number of hydrogen-bond donors (Lipinski definition) is 3. The van der Waals surface area contributed by atoms with Gasteiger partial charge in [0.1, 0.15) is 0 Å². The number of aromatic nitrogens is 1. The molecule has 1 aromatic heterocycles. The number of benzene rings is 1. The molecule has 22 heavy (non-hydrogen) atoms. The highest BCUT2D eigenvalue weighted by Gasteiger charge is 2.16. The number of aliphatic hydroxyl groups excluding tert-OH is 1. The molecule has 5 heteroatoms. The normalized spacial score (nSPS) is 12.9. The van der Waals surface area contributed by atoms with Gasteiger partial charge in [0.05, 0.1) is 11.8 Å². The molecule has 5 nitrogen and oxygen atoms in total. The zero-order valence-electron chi connectivity index (χ0n) is 12.6. The maximum Gasteiger partial charge on any atom is 0.249 e. The lowest BCUT2D eigenvalue weighted by molar-refractivity contribution is 0.175. The topological polar surface area (TPSA) is 82.2 Å². The highest BCUT2D eigenvalue weighted by molar-refractivity contribution is 5.84. The summed E-state index contributed by atoms with van der Waals surface area (Å²) in [6.07, 6.45) is 1.99. The van der Waals surface area contributed by atoms with Crippen LogP contribution in [0, 0.1) is 6.92 Å². The van der Waals surface area contributed by atoms with Crippen LogP contribution in [-0.4, -0.2) is 10.1 Å². The lowest BCUT2D eigenvalue weighted by Gasteiger charge is -2.11. The van der Waals surface area contributed by atoms with E-state index in [1.807, 2.05) is 31.3 Å². The molecule has 0 fully saturated rings. The molecule has 1 atom stereocenters. The molecule has 114 valence electrons. The Kier molecular flexibility index (Phi) is 3.58. The van der Waals surface area contributed by atoms with Gasteiger partial charge < -0.3 is 15.4 Å². The van der Waals surface area contributed by atoms with E-state index in [1.54, 1.807) is 6.92 Å². The van der Waals surface area contributed by atoms with Crippen molar-refractivity contribution in [2.75, 3.05) is 5.32 Å². The summed E-state index contributed by atoms with van der Waals surface area (Å²) in [6, 6.07) is 5.90. The second-order valence-electron chi connectivity index (χ2n) is 5.56. The molecule has 3 aromatic rings. The van der Waals surface area contributed by atoms with Gasteiger partial charge >= 0.3 is 0 Å². The van der Waals surface area contributed by atoms with Gasteiger partial charge in [0.25, 0.3) is 0 Å². The molecule has 0 bridgehead atoms. The molecule has 0 radical (unpaired) electrons. The Bertz CT molecular complexity index is 901. The summed E-state index contributed by atoms with van der Waals surface area (Å²) in [4.78, 5) is 25.8. The minimum Gasteiger partial charge on any atom is -0.388 e. The summed E-state index contributed by atoms with van der Waals surface area (Å²) in [5.41, 5.74) is 2.90. The van der Waals surface area contributed by atoms with E-state index in [0.717, 1.165) is 22.0 Å². The van der Waals surface area contributed by atoms with E-state index in [0.29, 0.717) is 24.2 Å². The lowest BCUT2D eigenvalue weighted by atomic mass is 10.0. The summed E-state index contributed by atoms with van der Waals surface area (Å²) in [6.45, 7) is 4.05. The Balaban J connectivity index is 1.86. The molecule has 0 spiro atoms. The van der Waals surface area contributed by atoms with Crippen molar-refractivity contribution in [2.24, 2.45) is 0 Å². The first-order valence-corrected chi connectivity index (χ1v) is 7.34. The largest absolute Gasteiger partial charge is 0.388 e. The average molecular weight is 298 g/mol. The van der Waals surface area contributed by atoms with Crippen LogP contribution in [0.1, 0.15) is 36.1 Å². The van der Waals surface area contributed by atoms with Gasteiger partial charge in [0.2, 0.25) is 10.9 Å². The summed E-state index contributed by atoms with van der Waals surface area (Å²) in [5.74, 6) is 0. The van der Waals surface area contributed by atoms with Gasteiger partial charge in [-0.25, -0.2) is 0 Å². The molecule has 0 aliphatic heterocycles. The van der Waals surface area contributed by atoms with Gasteiger partial charge in [-0.3, -0.25) is 9.59 Å². The van der Waals surface area contributed by atoms with Gasteiger partial charge in [-0.05, 0) is 31.0 Å². The molecule has 0 saturated carbocycles. The quantitative estimate of drug-likeness (QED) is 0.630. The molecule has 0 amide bonds. The second-order valence-corrected chi connectivity index (χ2v) is 5.56. The van der Waals surface area contributed by atoms with Gasteiger partial charge in [-0.1, -0.05) is 13.0 Å². The first-order chi connectivity index (χ1) is 10.5. The minimum absolute atomic E-state index is 0.406. The third kappa shape index (κ3) is 2.23. The summed E-state index contributed by atoms with van der Waals surface area (Å²) >= 11 is 0. The van der Waals surface area contributed by atoms with Gasteiger partial charge in [-0.15, -0.1) is 0 Å². The highest BCUT2D eigenvalue weighted by Crippen LogP contribution is 2.27. The molecule has 3 rings (SSSR count). The summed E-state index contributed by atoms with van der Waals surface area (Å²) in [7, 11) is 0. The molecular weight excluding hydrogens is 280 g/mol. The van der Waals surface area contributed by atoms with Crippen molar-refractivity contribution in [2.45, 2.75) is 32.9 Å². The van der Waals surface area contributed by atoms with Gasteiger partial charge in [0, 0.05) is 34.8 Å². The van der Waals surface area contributed by atoms with Crippen LogP contribution in [0.4, 0.5) is 5.69 Å². The first kappa shape index (κ1) is 14.5. The van der Waals surface area contributed by atoms with Crippen LogP contribution in [0.2, 0.25) is 0 Å². The van der Waals surface area contributed by atoms with Crippen LogP contribution < -0.4 is 16.2 Å². The van der Waals surface area contributed by atoms with E-state index in [-0.39, 0.29) is 0 Å². The molecule has 0 saturated heterocycles. The van der Waals surface area contributed by atoms with Crippen molar-refractivity contribution in [3.63, 3.8) is 0 Å². The van der Waals surface area contributed by atoms with Crippen molar-refractivity contribution in [3.05, 3.63) is 61.5 Å². The van der Waals surface area contributed by atoms with E-state index in [9.17, 15) is 14.7 Å². The number of aliphatic hydroxyl groups is 1. The molecule has 0 aliphatic carbocycles. The smallest absolute Gasteiger partial charge is 0.249 e. The standard InChI is InChI=1S/C17H18N2O3/c1-3-14(20)12-8-18-13-5-4-10(6-11(12)13)7-19-15-9(2)16(21)17(15)22/h4-6,8,14,18-20H,3,7H2,1-2H3. The highest BCUT2D eigenvalue weighted by atomic mass is 16.3. The van der Waals surface area contributed by atoms with Crippen molar-refractivity contribution in [1.29, 1.82) is 0 Å². The van der Waals surface area contributed by atoms with Crippen molar-refractivity contribution >= 4 is 16.6 Å². The fraction of sp³-hybridized carbons (Fsp3) is 0.294. The minimum atomic E-state index is -0.493. The zero-order chi connectivity index (χ0) is 15.9. The van der Waals surface area contributed by atoms with Gasteiger partial charge in [-0.2, -0.15) is 0 Å². The Morgan fingerprint density at radius 1 is 1.27 bits per heavy atom. The first-order valence-electron chi connectivity index (χ1n) is 7.34. The number of H-pyrrole nitrogens is 1. The van der Waals surface area contributed by atoms with E-state index in [2.05, 4.69) is 10.3 Å². The fourth-order valence-corrected chi connectivity index (χ4v) is 2.70. The zero-order valence-corrected chi connectivity index (χ0v) is 12.6. The SMILES string of the molecule is CCC(O)c1c[nH]c2ccc(CNc3c(C)c(=O)c3=O)cc12. The van der Waals surface area contributed by atoms with Crippen LogP contribution >= 0.6 is 0 Å². The number of rotatable bonds is 5. The maximum absolute atomic E-state index is 11.4. The number of nitrogens with one attached hydrogen (secondary N) is 2. The number of fused-ring (bicyclic) bond motifs is 1. The number of anilines is 1. The average Bonchev–Trinajstić information content (AvgIpc) is 2.96. The van der Waals surface area contributed by atoms with Crippen molar-refractivity contribution < 1.29 is 5.11 Å². The fourth-order valence-electron chi connectivity index (χ4n) is 2.70. The third-order valence-corrected chi connectivity index (χ3v) is 4.14. The van der Waals surface area contributed by atoms with Crippen molar-refractivity contribution in [1.82, 2.24) is 4.98 Å².